The summed E-state index contributed by atoms with van der Waals surface area (Å²) in [5, 5.41) is 16.2. The largest absolute Gasteiger partial charge is 0.399 e. The van der Waals surface area contributed by atoms with Crippen LogP contribution in [0.1, 0.15) is 41.5 Å². The number of anilines is 1. The summed E-state index contributed by atoms with van der Waals surface area (Å²) >= 11 is 11.8. The second kappa shape index (κ2) is 8.55. The highest BCUT2D eigenvalue weighted by Gasteiger charge is 2.48. The van der Waals surface area contributed by atoms with Gasteiger partial charge in [0.05, 0.1) is 17.2 Å². The zero-order valence-electron chi connectivity index (χ0n) is 17.9. The van der Waals surface area contributed by atoms with E-state index in [0.717, 1.165) is 18.1 Å². The van der Waals surface area contributed by atoms with E-state index in [1.807, 2.05) is 19.3 Å². The molecular weight excluding hydrogens is 470 g/mol. The Hall–Kier alpha value is -2.75. The average Bonchev–Trinajstić information content (AvgIpc) is 3.38. The van der Waals surface area contributed by atoms with Crippen LogP contribution in [0.2, 0.25) is 10.0 Å². The first kappa shape index (κ1) is 23.4. The van der Waals surface area contributed by atoms with Crippen LogP contribution in [0, 0.1) is 29.6 Å². The van der Waals surface area contributed by atoms with E-state index in [9.17, 15) is 18.4 Å². The van der Waals surface area contributed by atoms with Crippen molar-refractivity contribution >= 4 is 41.2 Å². The van der Waals surface area contributed by atoms with Gasteiger partial charge in [-0.1, -0.05) is 48.4 Å². The second-order valence-corrected chi connectivity index (χ2v) is 9.54. The molecule has 3 atom stereocenters. The summed E-state index contributed by atoms with van der Waals surface area (Å²) in [6, 6.07) is 9.33. The van der Waals surface area contributed by atoms with Gasteiger partial charge in [-0.25, -0.2) is 5.01 Å². The molecular formula is C25H20Cl2F3N3. The summed E-state index contributed by atoms with van der Waals surface area (Å²) in [6.45, 7) is 3.96. The van der Waals surface area contributed by atoms with E-state index < -0.39 is 12.1 Å². The summed E-state index contributed by atoms with van der Waals surface area (Å²) < 4.78 is 41.4. The minimum atomic E-state index is -4.54. The van der Waals surface area contributed by atoms with Gasteiger partial charge >= 0.3 is 6.18 Å². The third-order valence-corrected chi connectivity index (χ3v) is 6.50. The summed E-state index contributed by atoms with van der Waals surface area (Å²) in [5.41, 5.74) is 2.18. The van der Waals surface area contributed by atoms with E-state index in [1.165, 1.54) is 24.3 Å². The SMILES string of the molecule is Cc1cc(/C=C/C(c2cc(Cl)cc(Cl)c2)C(F)(F)F)cc(C#N)c1N1C=CC2(C)CC2C=N1. The van der Waals surface area contributed by atoms with Crippen LogP contribution in [0.25, 0.3) is 6.08 Å². The van der Waals surface area contributed by atoms with Crippen molar-refractivity contribution in [1.82, 2.24) is 0 Å². The smallest absolute Gasteiger partial charge is 0.240 e. The van der Waals surface area contributed by atoms with Gasteiger partial charge in [0.25, 0.3) is 0 Å². The van der Waals surface area contributed by atoms with E-state index in [2.05, 4.69) is 24.2 Å². The Bertz CT molecular complexity index is 1210. The molecule has 1 heterocycles. The molecule has 0 spiro atoms. The van der Waals surface area contributed by atoms with Crippen LogP contribution in [0.4, 0.5) is 18.9 Å². The molecule has 2 aliphatic rings. The van der Waals surface area contributed by atoms with Crippen molar-refractivity contribution in [2.75, 3.05) is 5.01 Å². The first-order chi connectivity index (χ1) is 15.5. The topological polar surface area (TPSA) is 39.4 Å². The number of aryl methyl sites for hydroxylation is 1. The van der Waals surface area contributed by atoms with Gasteiger partial charge in [-0.2, -0.15) is 23.5 Å². The molecule has 3 unspecified atom stereocenters. The zero-order valence-corrected chi connectivity index (χ0v) is 19.4. The molecule has 1 aliphatic heterocycles. The zero-order chi connectivity index (χ0) is 24.0. The van der Waals surface area contributed by atoms with Gasteiger partial charge in [-0.3, -0.25) is 0 Å². The van der Waals surface area contributed by atoms with Gasteiger partial charge in [-0.15, -0.1) is 0 Å². The lowest BCUT2D eigenvalue weighted by molar-refractivity contribution is -0.139. The molecule has 0 bridgehead atoms. The number of halogens is 5. The summed E-state index contributed by atoms with van der Waals surface area (Å²) in [5.74, 6) is -1.52. The van der Waals surface area contributed by atoms with E-state index in [1.54, 1.807) is 17.1 Å². The van der Waals surface area contributed by atoms with Crippen molar-refractivity contribution < 1.29 is 13.2 Å². The first-order valence-electron chi connectivity index (χ1n) is 10.3. The van der Waals surface area contributed by atoms with Gasteiger partial charge < -0.3 is 0 Å². The Balaban J connectivity index is 1.68. The highest BCUT2D eigenvalue weighted by atomic mass is 35.5. The Morgan fingerprint density at radius 2 is 1.91 bits per heavy atom. The van der Waals surface area contributed by atoms with E-state index in [4.69, 9.17) is 23.2 Å². The summed E-state index contributed by atoms with van der Waals surface area (Å²) in [6.07, 6.45) is 4.75. The quantitative estimate of drug-likeness (QED) is 0.438. The molecule has 33 heavy (non-hydrogen) atoms. The number of allylic oxidation sites excluding steroid dienone is 2. The van der Waals surface area contributed by atoms with Crippen molar-refractivity contribution in [3.05, 3.63) is 81.0 Å². The number of hydrogen-bond acceptors (Lipinski definition) is 3. The van der Waals surface area contributed by atoms with Crippen LogP contribution >= 0.6 is 23.2 Å². The lowest BCUT2D eigenvalue weighted by atomic mass is 9.96. The molecule has 170 valence electrons. The molecule has 1 fully saturated rings. The maximum atomic E-state index is 13.8. The molecule has 0 saturated heterocycles. The maximum absolute atomic E-state index is 13.8. The predicted molar refractivity (Wildman–Crippen MR) is 127 cm³/mol. The predicted octanol–water partition coefficient (Wildman–Crippen LogP) is 7.88. The maximum Gasteiger partial charge on any atom is 0.399 e. The van der Waals surface area contributed by atoms with Crippen LogP contribution in [0.5, 0.6) is 0 Å². The molecule has 2 aromatic rings. The molecule has 2 aromatic carbocycles. The number of benzene rings is 2. The Morgan fingerprint density at radius 3 is 2.55 bits per heavy atom. The standard InChI is InChI=1S/C25H20Cl2F3N3/c1-15-7-16(3-4-22(25(28,29)30)17-9-20(26)11-21(27)10-17)8-18(13-31)23(15)33-6-5-24(2)12-19(24)14-32-33/h3-11,14,19,22H,12H2,1-2H3/b4-3+. The molecule has 8 heteroatoms. The van der Waals surface area contributed by atoms with Gasteiger partial charge in [-0.05, 0) is 65.8 Å². The molecule has 3 nitrogen and oxygen atoms in total. The van der Waals surface area contributed by atoms with Crippen LogP contribution < -0.4 is 5.01 Å². The number of nitrogens with zero attached hydrogens (tertiary/aromatic N) is 3. The Morgan fingerprint density at radius 1 is 1.21 bits per heavy atom. The molecule has 1 saturated carbocycles. The van der Waals surface area contributed by atoms with Crippen LogP contribution in [0.15, 0.2) is 53.8 Å². The van der Waals surface area contributed by atoms with Gasteiger partial charge in [0, 0.05) is 28.4 Å². The lowest BCUT2D eigenvalue weighted by Crippen LogP contribution is -2.19. The van der Waals surface area contributed by atoms with E-state index in [-0.39, 0.29) is 21.0 Å². The van der Waals surface area contributed by atoms with Crippen LogP contribution in [0.3, 0.4) is 0 Å². The number of hydrazone groups is 1. The number of alkyl halides is 3. The normalized spacial score (nSPS) is 22.7. The minimum Gasteiger partial charge on any atom is -0.240 e. The third-order valence-electron chi connectivity index (χ3n) is 6.06. The van der Waals surface area contributed by atoms with Crippen molar-refractivity contribution in [3.63, 3.8) is 0 Å². The fourth-order valence-electron chi connectivity index (χ4n) is 4.06. The summed E-state index contributed by atoms with van der Waals surface area (Å²) in [7, 11) is 0. The number of hydrogen-bond donors (Lipinski definition) is 0. The van der Waals surface area contributed by atoms with Gasteiger partial charge in [0.2, 0.25) is 0 Å². The highest BCUT2D eigenvalue weighted by Crippen LogP contribution is 2.53. The van der Waals surface area contributed by atoms with Crippen molar-refractivity contribution in [3.8, 4) is 6.07 Å². The Kier molecular flexibility index (Phi) is 6.07. The fourth-order valence-corrected chi connectivity index (χ4v) is 4.60. The lowest BCUT2D eigenvalue weighted by Gasteiger charge is -2.20. The van der Waals surface area contributed by atoms with Crippen LogP contribution in [-0.4, -0.2) is 12.4 Å². The van der Waals surface area contributed by atoms with Crippen molar-refractivity contribution in [1.29, 1.82) is 5.26 Å². The highest BCUT2D eigenvalue weighted by molar-refractivity contribution is 6.34. The molecule has 0 radical (unpaired) electrons. The molecule has 0 amide bonds. The van der Waals surface area contributed by atoms with Crippen molar-refractivity contribution in [2.45, 2.75) is 32.4 Å². The Labute approximate surface area is 200 Å². The average molecular weight is 490 g/mol. The van der Waals surface area contributed by atoms with Crippen LogP contribution in [-0.2, 0) is 0 Å². The van der Waals surface area contributed by atoms with E-state index >= 15 is 0 Å². The molecule has 1 aliphatic carbocycles. The van der Waals surface area contributed by atoms with E-state index in [0.29, 0.717) is 22.7 Å². The molecule has 0 aromatic heterocycles. The minimum absolute atomic E-state index is 0.0544. The molecule has 0 N–H and O–H groups in total. The molecule has 4 rings (SSSR count). The number of fused-ring (bicyclic) bond motifs is 1. The summed E-state index contributed by atoms with van der Waals surface area (Å²) in [4.78, 5) is 0. The first-order valence-corrected chi connectivity index (χ1v) is 11.0. The third kappa shape index (κ3) is 4.95. The number of rotatable bonds is 4. The fraction of sp³-hybridized carbons (Fsp3) is 0.280. The second-order valence-electron chi connectivity index (χ2n) is 8.67. The van der Waals surface area contributed by atoms with Gasteiger partial charge in [0.1, 0.15) is 6.07 Å². The van der Waals surface area contributed by atoms with Crippen molar-refractivity contribution in [2.24, 2.45) is 16.4 Å². The monoisotopic (exact) mass is 489 g/mol. The number of nitriles is 1. The van der Waals surface area contributed by atoms with Gasteiger partial charge in [0.15, 0.2) is 0 Å².